The second-order valence-electron chi connectivity index (χ2n) is 24.5. The Bertz CT molecular complexity index is 1210. The molecule has 0 radical (unpaired) electrons. The third-order valence-corrected chi connectivity index (χ3v) is 16.5. The minimum atomic E-state index is -0.766. The summed E-state index contributed by atoms with van der Waals surface area (Å²) in [7, 11) is 0. The third-order valence-electron chi connectivity index (χ3n) is 16.5. The van der Waals surface area contributed by atoms with Crippen LogP contribution in [0.25, 0.3) is 0 Å². The highest BCUT2D eigenvalue weighted by molar-refractivity contribution is 5.71. The molecule has 6 heteroatoms. The number of unbranched alkanes of at least 4 members (excludes halogenated alkanes) is 54. The Hall–Kier alpha value is -1.85. The van der Waals surface area contributed by atoms with E-state index in [0.717, 1.165) is 57.8 Å². The molecule has 0 amide bonds. The number of esters is 3. The molecule has 0 aromatic rings. The molecule has 0 rings (SSSR count). The van der Waals surface area contributed by atoms with Crippen molar-refractivity contribution in [2.75, 3.05) is 13.2 Å². The second kappa shape index (κ2) is 67.7. The van der Waals surface area contributed by atoms with E-state index in [0.29, 0.717) is 19.3 Å². The molecular formula is C72H138O6. The lowest BCUT2D eigenvalue weighted by Crippen LogP contribution is -2.30. The van der Waals surface area contributed by atoms with Gasteiger partial charge in [-0.1, -0.05) is 360 Å². The van der Waals surface area contributed by atoms with Gasteiger partial charge in [0.05, 0.1) is 0 Å². The average Bonchev–Trinajstić information content (AvgIpc) is 3.44. The summed E-state index contributed by atoms with van der Waals surface area (Å²) in [6, 6.07) is 0. The van der Waals surface area contributed by atoms with Gasteiger partial charge in [0.1, 0.15) is 13.2 Å². The zero-order valence-corrected chi connectivity index (χ0v) is 53.2. The number of carbonyl (C=O) groups excluding carboxylic acids is 3. The summed E-state index contributed by atoms with van der Waals surface area (Å²) in [5.74, 6) is -0.833. The van der Waals surface area contributed by atoms with Crippen LogP contribution in [-0.4, -0.2) is 37.2 Å². The standard InChI is InChI=1S/C72H138O6/c1-4-7-10-13-16-19-22-24-26-28-30-32-34-35-36-37-39-40-42-44-46-48-50-53-56-59-62-65-71(74)77-68-69(67-76-70(73)64-61-58-55-52-21-18-15-12-9-6-3)78-72(75)66-63-60-57-54-51-49-47-45-43-41-38-33-31-29-27-25-23-20-17-14-11-8-5-2/h29,31,69H,4-28,30,32-68H2,1-3H3/b31-29-. The molecule has 0 bridgehead atoms. The predicted octanol–water partition coefficient (Wildman–Crippen LogP) is 24.4. The molecule has 462 valence electrons. The van der Waals surface area contributed by atoms with E-state index >= 15 is 0 Å². The fourth-order valence-corrected chi connectivity index (χ4v) is 11.2. The quantitative estimate of drug-likeness (QED) is 0.0261. The normalized spacial score (nSPS) is 12.0. The summed E-state index contributed by atoms with van der Waals surface area (Å²) in [5.41, 5.74) is 0. The van der Waals surface area contributed by atoms with Crippen molar-refractivity contribution >= 4 is 17.9 Å². The van der Waals surface area contributed by atoms with Gasteiger partial charge in [0.25, 0.3) is 0 Å². The van der Waals surface area contributed by atoms with Crippen LogP contribution in [-0.2, 0) is 28.6 Å². The first-order valence-corrected chi connectivity index (χ1v) is 35.7. The molecule has 1 unspecified atom stereocenters. The molecule has 0 spiro atoms. The Morgan fingerprint density at radius 3 is 0.641 bits per heavy atom. The number of carbonyl (C=O) groups is 3. The molecule has 0 aliphatic carbocycles. The number of hydrogen-bond acceptors (Lipinski definition) is 6. The topological polar surface area (TPSA) is 78.9 Å². The lowest BCUT2D eigenvalue weighted by molar-refractivity contribution is -0.167. The highest BCUT2D eigenvalue weighted by Crippen LogP contribution is 2.19. The molecule has 78 heavy (non-hydrogen) atoms. The lowest BCUT2D eigenvalue weighted by Gasteiger charge is -2.18. The first-order chi connectivity index (χ1) is 38.5. The smallest absolute Gasteiger partial charge is 0.306 e. The summed E-state index contributed by atoms with van der Waals surface area (Å²) in [5, 5.41) is 0. The van der Waals surface area contributed by atoms with E-state index in [1.807, 2.05) is 0 Å². The average molecular weight is 1100 g/mol. The maximum atomic E-state index is 12.9. The van der Waals surface area contributed by atoms with Gasteiger partial charge in [-0.25, -0.2) is 0 Å². The van der Waals surface area contributed by atoms with Gasteiger partial charge in [-0.05, 0) is 44.9 Å². The van der Waals surface area contributed by atoms with Crippen LogP contribution >= 0.6 is 0 Å². The van der Waals surface area contributed by atoms with Crippen LogP contribution in [0.2, 0.25) is 0 Å². The molecular weight excluding hydrogens is 961 g/mol. The van der Waals surface area contributed by atoms with Crippen LogP contribution in [0.1, 0.15) is 412 Å². The highest BCUT2D eigenvalue weighted by atomic mass is 16.6. The molecule has 0 N–H and O–H groups in total. The summed E-state index contributed by atoms with van der Waals surface area (Å²) < 4.78 is 17.0. The van der Waals surface area contributed by atoms with E-state index in [9.17, 15) is 14.4 Å². The van der Waals surface area contributed by atoms with E-state index in [-0.39, 0.29) is 31.1 Å². The molecule has 0 aliphatic rings. The summed E-state index contributed by atoms with van der Waals surface area (Å²) >= 11 is 0. The van der Waals surface area contributed by atoms with Gasteiger partial charge in [0.2, 0.25) is 0 Å². The van der Waals surface area contributed by atoms with E-state index in [1.165, 1.54) is 315 Å². The fourth-order valence-electron chi connectivity index (χ4n) is 11.2. The second-order valence-corrected chi connectivity index (χ2v) is 24.5. The van der Waals surface area contributed by atoms with E-state index < -0.39 is 6.10 Å². The number of ether oxygens (including phenoxy) is 3. The first-order valence-electron chi connectivity index (χ1n) is 35.7. The largest absolute Gasteiger partial charge is 0.462 e. The van der Waals surface area contributed by atoms with Crippen molar-refractivity contribution in [3.63, 3.8) is 0 Å². The van der Waals surface area contributed by atoms with Gasteiger partial charge in [-0.2, -0.15) is 0 Å². The third kappa shape index (κ3) is 65.0. The molecule has 0 aromatic heterocycles. The fraction of sp³-hybridized carbons (Fsp3) is 0.931. The van der Waals surface area contributed by atoms with Crippen LogP contribution in [0.3, 0.4) is 0 Å². The van der Waals surface area contributed by atoms with Crippen LogP contribution in [0.5, 0.6) is 0 Å². The van der Waals surface area contributed by atoms with Crippen LogP contribution in [0, 0.1) is 0 Å². The van der Waals surface area contributed by atoms with Crippen LogP contribution in [0.15, 0.2) is 12.2 Å². The van der Waals surface area contributed by atoms with Gasteiger partial charge >= 0.3 is 17.9 Å². The maximum absolute atomic E-state index is 12.9. The van der Waals surface area contributed by atoms with E-state index in [4.69, 9.17) is 14.2 Å². The van der Waals surface area contributed by atoms with E-state index in [2.05, 4.69) is 32.9 Å². The minimum absolute atomic E-state index is 0.0634. The van der Waals surface area contributed by atoms with E-state index in [1.54, 1.807) is 0 Å². The number of rotatable bonds is 67. The highest BCUT2D eigenvalue weighted by Gasteiger charge is 2.19. The van der Waals surface area contributed by atoms with Crippen molar-refractivity contribution in [1.82, 2.24) is 0 Å². The number of allylic oxidation sites excluding steroid dienone is 2. The first kappa shape index (κ1) is 76.1. The Morgan fingerprint density at radius 2 is 0.423 bits per heavy atom. The molecule has 1 atom stereocenters. The van der Waals surface area contributed by atoms with Crippen molar-refractivity contribution in [3.05, 3.63) is 12.2 Å². The van der Waals surface area contributed by atoms with Crippen LogP contribution < -0.4 is 0 Å². The molecule has 0 aliphatic heterocycles. The Balaban J connectivity index is 4.11. The summed E-state index contributed by atoms with van der Waals surface area (Å²) in [6.45, 7) is 6.71. The molecule has 0 heterocycles. The van der Waals surface area contributed by atoms with Crippen molar-refractivity contribution in [1.29, 1.82) is 0 Å². The Kier molecular flexibility index (Phi) is 66.0. The molecule has 0 saturated heterocycles. The van der Waals surface area contributed by atoms with Gasteiger partial charge in [-0.3, -0.25) is 14.4 Å². The maximum Gasteiger partial charge on any atom is 0.306 e. The van der Waals surface area contributed by atoms with Gasteiger partial charge in [-0.15, -0.1) is 0 Å². The van der Waals surface area contributed by atoms with Crippen molar-refractivity contribution < 1.29 is 28.6 Å². The molecule has 0 saturated carbocycles. The van der Waals surface area contributed by atoms with Gasteiger partial charge in [0, 0.05) is 19.3 Å². The van der Waals surface area contributed by atoms with Gasteiger partial charge in [0.15, 0.2) is 6.10 Å². The van der Waals surface area contributed by atoms with Crippen molar-refractivity contribution in [3.8, 4) is 0 Å². The number of hydrogen-bond donors (Lipinski definition) is 0. The molecule has 0 aromatic carbocycles. The van der Waals surface area contributed by atoms with Crippen molar-refractivity contribution in [2.24, 2.45) is 0 Å². The zero-order chi connectivity index (χ0) is 56.4. The van der Waals surface area contributed by atoms with Crippen LogP contribution in [0.4, 0.5) is 0 Å². The lowest BCUT2D eigenvalue weighted by atomic mass is 10.0. The Morgan fingerprint density at radius 1 is 0.244 bits per heavy atom. The minimum Gasteiger partial charge on any atom is -0.462 e. The SMILES string of the molecule is CCCCCCCCCC/C=C\CCCCCCCCCCCCCC(=O)OC(COC(=O)CCCCCCCCCCCC)COC(=O)CCCCCCCCCCCCCCCCCCCCCCCCCCCCC. The zero-order valence-electron chi connectivity index (χ0n) is 53.2. The molecule has 6 nitrogen and oxygen atoms in total. The predicted molar refractivity (Wildman–Crippen MR) is 340 cm³/mol. The van der Waals surface area contributed by atoms with Crippen molar-refractivity contribution in [2.45, 2.75) is 419 Å². The molecule has 0 fully saturated rings. The summed E-state index contributed by atoms with van der Waals surface area (Å²) in [6.07, 6.45) is 81.2. The monoisotopic (exact) mass is 1100 g/mol. The van der Waals surface area contributed by atoms with Gasteiger partial charge < -0.3 is 14.2 Å². The Labute approximate surface area is 488 Å². The summed E-state index contributed by atoms with van der Waals surface area (Å²) in [4.78, 5) is 38.3.